The maximum absolute atomic E-state index is 8.90. The summed E-state index contributed by atoms with van der Waals surface area (Å²) in [6, 6.07) is 16.3. The van der Waals surface area contributed by atoms with Crippen LogP contribution in [0.25, 0.3) is 22.6 Å². The third-order valence-electron chi connectivity index (χ3n) is 14.5. The first kappa shape index (κ1) is 79.2. The van der Waals surface area contributed by atoms with Crippen LogP contribution in [0.3, 0.4) is 0 Å². The van der Waals surface area contributed by atoms with Gasteiger partial charge in [0.15, 0.2) is 11.0 Å². The second-order valence-corrected chi connectivity index (χ2v) is 31.7. The van der Waals surface area contributed by atoms with Crippen molar-refractivity contribution in [3.63, 3.8) is 0 Å². The molecule has 1 aliphatic carbocycles. The summed E-state index contributed by atoms with van der Waals surface area (Å²) in [5, 5.41) is 33.7. The van der Waals surface area contributed by atoms with Gasteiger partial charge in [-0.25, -0.2) is 29.9 Å². The number of aliphatic hydroxyl groups excluding tert-OH is 1. The monoisotopic (exact) mass is 1340 g/mol. The lowest BCUT2D eigenvalue weighted by Crippen LogP contribution is -2.37. The van der Waals surface area contributed by atoms with Gasteiger partial charge in [-0.1, -0.05) is 146 Å². The average molecular weight is 1340 g/mol. The fourth-order valence-electron chi connectivity index (χ4n) is 10.3. The molecule has 0 radical (unpaired) electrons. The summed E-state index contributed by atoms with van der Waals surface area (Å²) >= 11 is 3.32. The Hall–Kier alpha value is -6.52. The van der Waals surface area contributed by atoms with Gasteiger partial charge in [-0.05, 0) is 124 Å². The summed E-state index contributed by atoms with van der Waals surface area (Å²) < 4.78 is 17.4. The number of nitrogens with one attached hydrogen (secondary N) is 2. The van der Waals surface area contributed by atoms with Gasteiger partial charge in [0.05, 0.1) is 49.4 Å². The third-order valence-corrected chi connectivity index (χ3v) is 16.3. The van der Waals surface area contributed by atoms with Crippen molar-refractivity contribution in [2.24, 2.45) is 53.4 Å². The first-order valence-electron chi connectivity index (χ1n) is 34.6. The van der Waals surface area contributed by atoms with E-state index in [1.807, 2.05) is 73.4 Å². The highest BCUT2D eigenvalue weighted by Gasteiger charge is 2.28. The van der Waals surface area contributed by atoms with Gasteiger partial charge in [0.2, 0.25) is 5.95 Å². The number of ether oxygens (including phenoxy) is 2. The van der Waals surface area contributed by atoms with Crippen LogP contribution in [0.5, 0.6) is 0 Å². The number of anilines is 3. The predicted octanol–water partition coefficient (Wildman–Crippen LogP) is 16.2. The Bertz CT molecular complexity index is 3310. The summed E-state index contributed by atoms with van der Waals surface area (Å²) in [7, 11) is 1.88. The smallest absolute Gasteiger partial charge is 0.223 e. The molecule has 21 heteroatoms. The highest BCUT2D eigenvalue weighted by atomic mass is 32.1. The number of rotatable bonds is 19. The molecule has 0 amide bonds. The number of hydrogen-bond acceptors (Lipinski definition) is 19. The van der Waals surface area contributed by atoms with E-state index in [0.717, 1.165) is 153 Å². The van der Waals surface area contributed by atoms with Gasteiger partial charge in [-0.3, -0.25) is 4.68 Å². The lowest BCUT2D eigenvalue weighted by molar-refractivity contribution is 0.0602. The van der Waals surface area contributed by atoms with Gasteiger partial charge >= 0.3 is 0 Å². The van der Waals surface area contributed by atoms with Crippen LogP contribution < -0.4 is 16.0 Å². The summed E-state index contributed by atoms with van der Waals surface area (Å²) in [5.41, 5.74) is 14.5. The number of aromatic amines is 1. The molecule has 524 valence electrons. The molecule has 9 heterocycles. The molecule has 11 rings (SSSR count). The number of nitrogens with zero attached hydrogens (tertiary/aromatic N) is 12. The van der Waals surface area contributed by atoms with E-state index >= 15 is 0 Å². The van der Waals surface area contributed by atoms with E-state index in [-0.39, 0.29) is 6.61 Å². The number of nitrogen functional groups attached to an aromatic ring is 1. The number of H-pyrrole nitrogens is 1. The van der Waals surface area contributed by atoms with Crippen molar-refractivity contribution in [2.45, 2.75) is 194 Å². The minimum atomic E-state index is 0.0555. The molecule has 0 atom stereocenters. The Labute approximate surface area is 577 Å². The lowest BCUT2D eigenvalue weighted by Gasteiger charge is -2.28. The number of benzene rings is 1. The normalized spacial score (nSPS) is 14.1. The van der Waals surface area contributed by atoms with E-state index in [1.54, 1.807) is 17.2 Å². The zero-order chi connectivity index (χ0) is 69.5. The number of aryl methyl sites for hydroxylation is 2. The van der Waals surface area contributed by atoms with Crippen molar-refractivity contribution in [1.29, 1.82) is 0 Å². The number of imidazole rings is 1. The van der Waals surface area contributed by atoms with Crippen LogP contribution in [0.2, 0.25) is 0 Å². The maximum atomic E-state index is 8.90. The van der Waals surface area contributed by atoms with E-state index in [0.29, 0.717) is 52.1 Å². The fraction of sp³-hybridized carbons (Fsp3) is 0.622. The lowest BCUT2D eigenvalue weighted by atomic mass is 9.91. The van der Waals surface area contributed by atoms with E-state index in [9.17, 15) is 0 Å². The van der Waals surface area contributed by atoms with Gasteiger partial charge in [0.25, 0.3) is 0 Å². The molecule has 1 aromatic carbocycles. The Morgan fingerprint density at radius 1 is 0.684 bits per heavy atom. The van der Waals surface area contributed by atoms with Crippen molar-refractivity contribution in [3.05, 3.63) is 123 Å². The molecular formula is C74H117N15O4S2. The maximum Gasteiger partial charge on any atom is 0.223 e. The molecule has 5 N–H and O–H groups in total. The number of morpholine rings is 1. The van der Waals surface area contributed by atoms with Crippen LogP contribution in [0.1, 0.15) is 193 Å². The number of thiazole rings is 1. The number of nitrogens with two attached hydrogens (primary N) is 1. The number of aromatic nitrogens is 12. The van der Waals surface area contributed by atoms with Crippen molar-refractivity contribution in [1.82, 2.24) is 60.0 Å². The molecule has 1 saturated carbocycles. The Balaban J connectivity index is 0.000000206. The summed E-state index contributed by atoms with van der Waals surface area (Å²) in [4.78, 5) is 31.9. The first-order chi connectivity index (χ1) is 45.1. The van der Waals surface area contributed by atoms with Crippen LogP contribution in [-0.4, -0.2) is 118 Å². The van der Waals surface area contributed by atoms with Crippen molar-refractivity contribution >= 4 is 39.6 Å². The van der Waals surface area contributed by atoms with E-state index in [4.69, 9.17) is 34.8 Å². The second-order valence-electron chi connectivity index (χ2n) is 29.7. The second kappa shape index (κ2) is 40.9. The average Bonchev–Trinajstić information content (AvgIpc) is 1.45. The van der Waals surface area contributed by atoms with Gasteiger partial charge in [0, 0.05) is 110 Å². The van der Waals surface area contributed by atoms with Crippen LogP contribution in [-0.2, 0) is 55.0 Å². The van der Waals surface area contributed by atoms with E-state index in [2.05, 4.69) is 185 Å². The first-order valence-corrected chi connectivity index (χ1v) is 36.2. The minimum absolute atomic E-state index is 0.0555. The van der Waals surface area contributed by atoms with Crippen LogP contribution in [0.15, 0.2) is 83.4 Å². The largest absolute Gasteiger partial charge is 0.395 e. The number of hydrogen-bond donors (Lipinski definition) is 4. The van der Waals surface area contributed by atoms with E-state index < -0.39 is 0 Å². The highest BCUT2D eigenvalue weighted by molar-refractivity contribution is 7.13. The molecule has 7 aromatic heterocycles. The highest BCUT2D eigenvalue weighted by Crippen LogP contribution is 2.42. The van der Waals surface area contributed by atoms with Gasteiger partial charge in [0.1, 0.15) is 21.6 Å². The van der Waals surface area contributed by atoms with E-state index in [1.165, 1.54) is 59.2 Å². The molecule has 8 aromatic rings. The molecule has 19 nitrogen and oxygen atoms in total. The summed E-state index contributed by atoms with van der Waals surface area (Å²) in [6.45, 7) is 43.1. The molecule has 3 fully saturated rings. The van der Waals surface area contributed by atoms with Crippen molar-refractivity contribution in [3.8, 4) is 22.6 Å². The SMILES string of the molecule is CC(C)(C)Cc1nnc(C2CC2)s1.CC(C)CC1CCOCC1.CC(C)Cc1cc(-c2cnn(C)c2)nc(NCCO)n1.CC(C)Cc1cc(N2CCOCC2)nc(-c2ccccc2)n1.CC(C)Cc1cnc[nH]1.CC(C)Cc1csc(N)n1.Cc1cc(CC(C)(C)C)no1. The fourth-order valence-corrected chi connectivity index (χ4v) is 12.2. The molecule has 2 saturated heterocycles. The van der Waals surface area contributed by atoms with Gasteiger partial charge in [-0.15, -0.1) is 32.9 Å². The predicted molar refractivity (Wildman–Crippen MR) is 392 cm³/mol. The summed E-state index contributed by atoms with van der Waals surface area (Å²) in [6.07, 6.45) is 20.0. The molecule has 0 spiro atoms. The zero-order valence-electron chi connectivity index (χ0n) is 60.9. The van der Waals surface area contributed by atoms with Crippen LogP contribution in [0.4, 0.5) is 16.9 Å². The Kier molecular flexibility index (Phi) is 34.1. The number of aliphatic hydroxyl groups is 1. The van der Waals surface area contributed by atoms with Crippen molar-refractivity contribution in [2.75, 3.05) is 68.6 Å². The standard InChI is InChI=1S/C18H23N3O.C14H21N5O.C10H16N2S.C9H15NO.C9H18O.C7H12N2S.C7H12N2/c1-14(2)12-16-13-17(21-8-10-22-11-9-21)20-18(19-16)15-6-4-3-5-7-15;1-10(2)6-12-7-13(11-8-16-19(3)9-11)18-14(17-12)15-4-5-20;1-10(2,3)6-8-11-12-9(13-8)7-4-5-7;1-7-5-8(10-11-7)6-9(2,3)4;1-8(2)7-9-3-5-10-6-4-9;1-5(2)3-6-4-10-7(8)9-6;1-6(2)3-7-4-8-5-9-7/h3-7,13-14H,8-12H2,1-2H3;7-10,20H,4-6H2,1-3H3,(H,15,17,18);7H,4-6H2,1-3H3;5H,6H2,1-4H3;8-9H,3-7H2,1-2H3;4-5H,3H2,1-2H3,(H2,8,9);4-6H,3H2,1-2H3,(H,8,9). The molecule has 2 aliphatic heterocycles. The molecule has 0 bridgehead atoms. The molecular weight excluding hydrogens is 1230 g/mol. The zero-order valence-corrected chi connectivity index (χ0v) is 62.5. The quantitative estimate of drug-likeness (QED) is 0.0588. The molecule has 95 heavy (non-hydrogen) atoms. The Morgan fingerprint density at radius 3 is 1.84 bits per heavy atom. The molecule has 3 aliphatic rings. The summed E-state index contributed by atoms with van der Waals surface area (Å²) in [5.74, 6) is 8.34. The van der Waals surface area contributed by atoms with Crippen LogP contribution in [0, 0.1) is 53.3 Å². The Morgan fingerprint density at radius 2 is 1.32 bits per heavy atom. The molecule has 0 unspecified atom stereocenters. The topological polar surface area (TPSA) is 243 Å². The van der Waals surface area contributed by atoms with Gasteiger partial charge < -0.3 is 40.0 Å². The van der Waals surface area contributed by atoms with Gasteiger partial charge in [-0.2, -0.15) is 5.10 Å². The minimum Gasteiger partial charge on any atom is -0.395 e. The van der Waals surface area contributed by atoms with Crippen molar-refractivity contribution < 1.29 is 19.1 Å². The van der Waals surface area contributed by atoms with Crippen LogP contribution >= 0.6 is 22.7 Å². The third kappa shape index (κ3) is 33.8.